The number of aliphatic hydroxyl groups is 1. The number of hydrogen-bond donors (Lipinski definition) is 1. The number of aromatic nitrogens is 6. The van der Waals surface area contributed by atoms with Crippen molar-refractivity contribution < 1.29 is 13.5 Å². The highest BCUT2D eigenvalue weighted by Crippen LogP contribution is 2.35. The first-order chi connectivity index (χ1) is 10.9. The summed E-state index contributed by atoms with van der Waals surface area (Å²) in [7, 11) is -2.12. The van der Waals surface area contributed by atoms with Crippen LogP contribution in [0.15, 0.2) is 35.7 Å². The van der Waals surface area contributed by atoms with Gasteiger partial charge in [-0.2, -0.15) is 24.2 Å². The van der Waals surface area contributed by atoms with Crippen LogP contribution in [0, 0.1) is 0 Å². The van der Waals surface area contributed by atoms with Gasteiger partial charge in [-0.1, -0.05) is 0 Å². The molecule has 1 aliphatic heterocycles. The molecule has 3 aromatic heterocycles. The average Bonchev–Trinajstić information content (AvgIpc) is 3.10. The first-order valence-corrected chi connectivity index (χ1v) is 8.22. The van der Waals surface area contributed by atoms with E-state index in [-0.39, 0.29) is 18.0 Å². The Hall–Kier alpha value is -2.37. The second-order valence-electron chi connectivity index (χ2n) is 5.42. The van der Waals surface area contributed by atoms with Crippen LogP contribution in [0.4, 0.5) is 0 Å². The van der Waals surface area contributed by atoms with Crippen molar-refractivity contribution in [1.82, 2.24) is 33.9 Å². The Kier molecular flexibility index (Phi) is 2.83. The number of fused-ring (bicyclic) bond motifs is 1. The lowest BCUT2D eigenvalue weighted by molar-refractivity contribution is -0.0741. The number of hydrogen-bond acceptors (Lipinski definition) is 7. The molecule has 4 heterocycles. The number of rotatable bonds is 3. The smallest absolute Gasteiger partial charge is 0.247 e. The Morgan fingerprint density at radius 3 is 2.74 bits per heavy atom. The van der Waals surface area contributed by atoms with Gasteiger partial charge in [-0.3, -0.25) is 4.68 Å². The SMILES string of the molecule is Cn1ncnc1C1(O)CN(S(=O)(=O)c2cnn3ncccc23)C1. The molecule has 4 rings (SSSR count). The third-order valence-electron chi connectivity index (χ3n) is 3.89. The van der Waals surface area contributed by atoms with Crippen LogP contribution in [0.1, 0.15) is 5.82 Å². The summed E-state index contributed by atoms with van der Waals surface area (Å²) in [6, 6.07) is 3.27. The van der Waals surface area contributed by atoms with Gasteiger partial charge in [-0.25, -0.2) is 13.4 Å². The molecular weight excluding hydrogens is 322 g/mol. The van der Waals surface area contributed by atoms with Crippen LogP contribution in [0.3, 0.4) is 0 Å². The molecule has 0 atom stereocenters. The molecule has 0 saturated carbocycles. The molecule has 0 amide bonds. The van der Waals surface area contributed by atoms with Crippen LogP contribution in [-0.4, -0.2) is 60.5 Å². The number of sulfonamides is 1. The summed E-state index contributed by atoms with van der Waals surface area (Å²) in [5.41, 5.74) is -0.943. The van der Waals surface area contributed by atoms with Crippen LogP contribution in [0.5, 0.6) is 0 Å². The van der Waals surface area contributed by atoms with Gasteiger partial charge in [0.05, 0.1) is 19.3 Å². The molecule has 0 aromatic carbocycles. The van der Waals surface area contributed by atoms with Gasteiger partial charge in [0, 0.05) is 13.2 Å². The van der Waals surface area contributed by atoms with E-state index >= 15 is 0 Å². The minimum atomic E-state index is -3.77. The molecule has 1 saturated heterocycles. The summed E-state index contributed by atoms with van der Waals surface area (Å²) in [6.45, 7) is -0.168. The predicted molar refractivity (Wildman–Crippen MR) is 76.6 cm³/mol. The van der Waals surface area contributed by atoms with E-state index in [0.717, 1.165) is 0 Å². The molecular formula is C12H13N7O3S. The summed E-state index contributed by atoms with van der Waals surface area (Å²) < 4.78 is 29.3. The maximum Gasteiger partial charge on any atom is 0.247 e. The van der Waals surface area contributed by atoms with E-state index < -0.39 is 15.6 Å². The molecule has 23 heavy (non-hydrogen) atoms. The lowest BCUT2D eigenvalue weighted by atomic mass is 9.96. The van der Waals surface area contributed by atoms with E-state index in [1.54, 1.807) is 19.2 Å². The van der Waals surface area contributed by atoms with Crippen LogP contribution in [0.2, 0.25) is 0 Å². The average molecular weight is 335 g/mol. The maximum absolute atomic E-state index is 12.7. The highest BCUT2D eigenvalue weighted by molar-refractivity contribution is 7.89. The van der Waals surface area contributed by atoms with Gasteiger partial charge in [0.1, 0.15) is 16.7 Å². The van der Waals surface area contributed by atoms with Gasteiger partial charge in [0.25, 0.3) is 0 Å². The highest BCUT2D eigenvalue weighted by atomic mass is 32.2. The second-order valence-corrected chi connectivity index (χ2v) is 7.33. The Bertz CT molecular complexity index is 987. The lowest BCUT2D eigenvalue weighted by Crippen LogP contribution is -2.61. The molecule has 1 aliphatic rings. The summed E-state index contributed by atoms with van der Waals surface area (Å²) in [4.78, 5) is 4.05. The number of aryl methyl sites for hydroxylation is 1. The van der Waals surface area contributed by atoms with Crippen molar-refractivity contribution in [3.63, 3.8) is 0 Å². The van der Waals surface area contributed by atoms with Crippen LogP contribution in [-0.2, 0) is 22.7 Å². The molecule has 0 aliphatic carbocycles. The summed E-state index contributed by atoms with van der Waals surface area (Å²) in [5, 5.41) is 22.3. The standard InChI is InChI=1S/C12H13N7O3S/c1-17-11(13-8-16-17)12(20)6-18(7-12)23(21,22)10-5-15-19-9(10)3-2-4-14-19/h2-5,8,20H,6-7H2,1H3. The molecule has 11 heteroatoms. The third-order valence-corrected chi connectivity index (χ3v) is 5.70. The van der Waals surface area contributed by atoms with Gasteiger partial charge < -0.3 is 5.11 Å². The topological polar surface area (TPSA) is 119 Å². The summed E-state index contributed by atoms with van der Waals surface area (Å²) in [5.74, 6) is 0.338. The van der Waals surface area contributed by atoms with Crippen molar-refractivity contribution in [2.45, 2.75) is 10.5 Å². The van der Waals surface area contributed by atoms with Crippen molar-refractivity contribution in [1.29, 1.82) is 0 Å². The quantitative estimate of drug-likeness (QED) is 0.635. The molecule has 10 nitrogen and oxygen atoms in total. The van der Waals surface area contributed by atoms with Crippen molar-refractivity contribution in [2.24, 2.45) is 7.05 Å². The molecule has 0 radical (unpaired) electrons. The normalized spacial score (nSPS) is 18.2. The largest absolute Gasteiger partial charge is 0.379 e. The third kappa shape index (κ3) is 1.97. The predicted octanol–water partition coefficient (Wildman–Crippen LogP) is -1.25. The molecule has 120 valence electrons. The molecule has 1 N–H and O–H groups in total. The van der Waals surface area contributed by atoms with Crippen molar-refractivity contribution in [2.75, 3.05) is 13.1 Å². The van der Waals surface area contributed by atoms with Gasteiger partial charge >= 0.3 is 0 Å². The summed E-state index contributed by atoms with van der Waals surface area (Å²) >= 11 is 0. The fourth-order valence-electron chi connectivity index (χ4n) is 2.71. The van der Waals surface area contributed by atoms with Crippen LogP contribution >= 0.6 is 0 Å². The van der Waals surface area contributed by atoms with E-state index in [0.29, 0.717) is 11.3 Å². The van der Waals surface area contributed by atoms with E-state index in [9.17, 15) is 13.5 Å². The van der Waals surface area contributed by atoms with E-state index in [1.807, 2.05) is 0 Å². The number of nitrogens with zero attached hydrogens (tertiary/aromatic N) is 7. The zero-order valence-corrected chi connectivity index (χ0v) is 12.9. The monoisotopic (exact) mass is 335 g/mol. The molecule has 1 fully saturated rings. The van der Waals surface area contributed by atoms with Crippen LogP contribution < -0.4 is 0 Å². The Labute approximate surface area is 131 Å². The zero-order valence-electron chi connectivity index (χ0n) is 12.1. The van der Waals surface area contributed by atoms with Crippen molar-refractivity contribution in [3.8, 4) is 0 Å². The fourth-order valence-corrected chi connectivity index (χ4v) is 4.35. The lowest BCUT2D eigenvalue weighted by Gasteiger charge is -2.43. The Balaban J connectivity index is 1.66. The van der Waals surface area contributed by atoms with E-state index in [4.69, 9.17) is 0 Å². The van der Waals surface area contributed by atoms with E-state index in [2.05, 4.69) is 20.3 Å². The van der Waals surface area contributed by atoms with Crippen molar-refractivity contribution in [3.05, 3.63) is 36.7 Å². The number of β-amino-alcohol motifs (C(OH)–C–C–N with tert-alkyl or cyclic N) is 1. The first-order valence-electron chi connectivity index (χ1n) is 6.78. The minimum Gasteiger partial charge on any atom is -0.379 e. The molecule has 3 aromatic rings. The second kappa shape index (κ2) is 4.57. The fraction of sp³-hybridized carbons (Fsp3) is 0.333. The molecule has 0 unspecified atom stereocenters. The Morgan fingerprint density at radius 1 is 1.26 bits per heavy atom. The van der Waals surface area contributed by atoms with Crippen molar-refractivity contribution >= 4 is 15.5 Å². The summed E-state index contributed by atoms with van der Waals surface area (Å²) in [6.07, 6.45) is 4.10. The Morgan fingerprint density at radius 2 is 2.04 bits per heavy atom. The highest BCUT2D eigenvalue weighted by Gasteiger charge is 2.51. The molecule has 0 bridgehead atoms. The minimum absolute atomic E-state index is 0.0608. The van der Waals surface area contributed by atoms with E-state index in [1.165, 1.54) is 32.3 Å². The van der Waals surface area contributed by atoms with Crippen LogP contribution in [0.25, 0.3) is 5.52 Å². The zero-order chi connectivity index (χ0) is 16.2. The first kappa shape index (κ1) is 14.2. The van der Waals surface area contributed by atoms with Gasteiger partial charge in [0.15, 0.2) is 11.4 Å². The maximum atomic E-state index is 12.7. The van der Waals surface area contributed by atoms with Gasteiger partial charge in [-0.15, -0.1) is 0 Å². The molecule has 0 spiro atoms. The van der Waals surface area contributed by atoms with Gasteiger partial charge in [-0.05, 0) is 12.1 Å². The van der Waals surface area contributed by atoms with Gasteiger partial charge in [0.2, 0.25) is 10.0 Å².